The molecule has 1 aromatic carbocycles. The fourth-order valence-electron chi connectivity index (χ4n) is 1.77. The Hall–Kier alpha value is -2.06. The van der Waals surface area contributed by atoms with Gasteiger partial charge in [-0.1, -0.05) is 29.4 Å². The van der Waals surface area contributed by atoms with Gasteiger partial charge in [0.1, 0.15) is 5.25 Å². The largest absolute Gasteiger partial charge is 0.370 e. The molecule has 1 aliphatic rings. The Labute approximate surface area is 136 Å². The number of benzene rings is 1. The Balaban J connectivity index is 1.98. The molecule has 0 bridgehead atoms. The van der Waals surface area contributed by atoms with E-state index in [4.69, 9.17) is 23.1 Å². The summed E-state index contributed by atoms with van der Waals surface area (Å²) in [4.78, 5) is 31.2. The molecule has 2 rings (SSSR count). The molecule has 0 saturated heterocycles. The number of hydrogen-bond acceptors (Lipinski definition) is 4. The number of amidine groups is 1. The standard InChI is InChI=1S/C13H14ClN5O2S/c1-6-7(14)3-2-4-8(6)17-10(20)5-9-11(21)18-13(22-9)19-12(15)16/h2-4,9H,5H2,1H3,(H,17,20)(H4,15,16,18,19,21). The molecule has 0 saturated carbocycles. The van der Waals surface area contributed by atoms with Crippen LogP contribution in [0.5, 0.6) is 0 Å². The fraction of sp³-hybridized carbons (Fsp3) is 0.231. The molecular weight excluding hydrogens is 326 g/mol. The number of nitrogens with zero attached hydrogens (tertiary/aromatic N) is 2. The normalized spacial score (nSPS) is 17.1. The van der Waals surface area contributed by atoms with Gasteiger partial charge in [-0.2, -0.15) is 9.98 Å². The van der Waals surface area contributed by atoms with Crippen molar-refractivity contribution >= 4 is 52.0 Å². The molecule has 7 nitrogen and oxygen atoms in total. The smallest absolute Gasteiger partial charge is 0.262 e. The van der Waals surface area contributed by atoms with E-state index in [9.17, 15) is 9.59 Å². The lowest BCUT2D eigenvalue weighted by molar-refractivity contribution is -0.121. The van der Waals surface area contributed by atoms with Crippen LogP contribution in [0.1, 0.15) is 12.0 Å². The monoisotopic (exact) mass is 339 g/mol. The van der Waals surface area contributed by atoms with Gasteiger partial charge in [0.25, 0.3) is 5.91 Å². The van der Waals surface area contributed by atoms with Crippen molar-refractivity contribution < 1.29 is 9.59 Å². The fourth-order valence-corrected chi connectivity index (χ4v) is 2.89. The second-order valence-corrected chi connectivity index (χ2v) is 6.12. The Morgan fingerprint density at radius 2 is 2.23 bits per heavy atom. The zero-order valence-electron chi connectivity index (χ0n) is 11.7. The summed E-state index contributed by atoms with van der Waals surface area (Å²) in [7, 11) is 0. The average molecular weight is 340 g/mol. The lowest BCUT2D eigenvalue weighted by Gasteiger charge is -2.11. The van der Waals surface area contributed by atoms with Gasteiger partial charge < -0.3 is 16.8 Å². The minimum absolute atomic E-state index is 0.0253. The Bertz CT molecular complexity index is 685. The number of halogens is 1. The number of guanidine groups is 1. The molecule has 0 fully saturated rings. The number of carbonyl (C=O) groups excluding carboxylic acids is 2. The van der Waals surface area contributed by atoms with Gasteiger partial charge in [-0.15, -0.1) is 0 Å². The molecule has 0 spiro atoms. The number of amides is 2. The Morgan fingerprint density at radius 1 is 1.50 bits per heavy atom. The van der Waals surface area contributed by atoms with Gasteiger partial charge in [-0.25, -0.2) is 0 Å². The summed E-state index contributed by atoms with van der Waals surface area (Å²) in [5.74, 6) is -0.918. The van der Waals surface area contributed by atoms with E-state index in [1.54, 1.807) is 25.1 Å². The first kappa shape index (κ1) is 16.3. The summed E-state index contributed by atoms with van der Waals surface area (Å²) in [6.07, 6.45) is -0.0253. The van der Waals surface area contributed by atoms with Crippen LogP contribution in [0.3, 0.4) is 0 Å². The molecule has 0 aliphatic carbocycles. The van der Waals surface area contributed by atoms with Crippen molar-refractivity contribution in [2.75, 3.05) is 5.32 Å². The zero-order valence-corrected chi connectivity index (χ0v) is 13.2. The van der Waals surface area contributed by atoms with Crippen molar-refractivity contribution in [1.82, 2.24) is 0 Å². The molecule has 22 heavy (non-hydrogen) atoms. The van der Waals surface area contributed by atoms with Crippen LogP contribution in [-0.4, -0.2) is 28.2 Å². The van der Waals surface area contributed by atoms with Crippen LogP contribution in [0.15, 0.2) is 28.2 Å². The highest BCUT2D eigenvalue weighted by Crippen LogP contribution is 2.27. The topological polar surface area (TPSA) is 123 Å². The van der Waals surface area contributed by atoms with Crippen molar-refractivity contribution in [3.8, 4) is 0 Å². The van der Waals surface area contributed by atoms with Crippen LogP contribution in [0.4, 0.5) is 5.69 Å². The highest BCUT2D eigenvalue weighted by atomic mass is 35.5. The predicted molar refractivity (Wildman–Crippen MR) is 89.1 cm³/mol. The molecule has 1 unspecified atom stereocenters. The van der Waals surface area contributed by atoms with Gasteiger partial charge in [0.15, 0.2) is 11.1 Å². The maximum Gasteiger partial charge on any atom is 0.262 e. The van der Waals surface area contributed by atoms with E-state index in [2.05, 4.69) is 15.3 Å². The predicted octanol–water partition coefficient (Wildman–Crippen LogP) is 1.25. The molecule has 1 atom stereocenters. The van der Waals surface area contributed by atoms with E-state index >= 15 is 0 Å². The van der Waals surface area contributed by atoms with Crippen molar-refractivity contribution in [3.63, 3.8) is 0 Å². The Morgan fingerprint density at radius 3 is 2.91 bits per heavy atom. The summed E-state index contributed by atoms with van der Waals surface area (Å²) in [5.41, 5.74) is 11.8. The highest BCUT2D eigenvalue weighted by molar-refractivity contribution is 8.15. The van der Waals surface area contributed by atoms with Gasteiger partial charge in [-0.05, 0) is 24.6 Å². The number of nitrogens with one attached hydrogen (secondary N) is 1. The van der Waals surface area contributed by atoms with Crippen LogP contribution < -0.4 is 16.8 Å². The number of nitrogens with two attached hydrogens (primary N) is 2. The number of anilines is 1. The molecule has 2 amide bonds. The highest BCUT2D eigenvalue weighted by Gasteiger charge is 2.30. The molecule has 1 aromatic rings. The summed E-state index contributed by atoms with van der Waals surface area (Å²) in [6, 6.07) is 5.21. The van der Waals surface area contributed by atoms with E-state index in [-0.39, 0.29) is 23.5 Å². The van der Waals surface area contributed by atoms with Crippen molar-refractivity contribution in [1.29, 1.82) is 0 Å². The van der Waals surface area contributed by atoms with Crippen LogP contribution in [0.2, 0.25) is 5.02 Å². The SMILES string of the molecule is Cc1c(Cl)cccc1NC(=O)CC1SC(N=C(N)N)=NC1=O. The van der Waals surface area contributed by atoms with Crippen molar-refractivity contribution in [2.24, 2.45) is 21.5 Å². The second-order valence-electron chi connectivity index (χ2n) is 4.54. The van der Waals surface area contributed by atoms with Crippen LogP contribution >= 0.6 is 23.4 Å². The van der Waals surface area contributed by atoms with Crippen LogP contribution in [0, 0.1) is 6.92 Å². The van der Waals surface area contributed by atoms with E-state index in [1.807, 2.05) is 0 Å². The van der Waals surface area contributed by atoms with Gasteiger partial charge in [-0.3, -0.25) is 9.59 Å². The molecule has 9 heteroatoms. The number of hydrogen-bond donors (Lipinski definition) is 3. The Kier molecular flexibility index (Phi) is 5.04. The average Bonchev–Trinajstić information content (AvgIpc) is 2.74. The third kappa shape index (κ3) is 3.99. The quantitative estimate of drug-likeness (QED) is 0.565. The number of thioether (sulfide) groups is 1. The molecule has 116 valence electrons. The maximum atomic E-state index is 12.1. The minimum atomic E-state index is -0.627. The zero-order chi connectivity index (χ0) is 16.3. The first-order valence-electron chi connectivity index (χ1n) is 6.30. The molecule has 1 aliphatic heterocycles. The van der Waals surface area contributed by atoms with Crippen LogP contribution in [-0.2, 0) is 9.59 Å². The molecule has 0 aromatic heterocycles. The first-order valence-corrected chi connectivity index (χ1v) is 7.56. The molecule has 0 radical (unpaired) electrons. The molecular formula is C13H14ClN5O2S. The number of rotatable bonds is 3. The molecule has 1 heterocycles. The van der Waals surface area contributed by atoms with E-state index < -0.39 is 11.2 Å². The first-order chi connectivity index (χ1) is 10.4. The summed E-state index contributed by atoms with van der Waals surface area (Å²) in [6.45, 7) is 1.80. The minimum Gasteiger partial charge on any atom is -0.370 e. The van der Waals surface area contributed by atoms with E-state index in [0.29, 0.717) is 10.7 Å². The van der Waals surface area contributed by atoms with Crippen molar-refractivity contribution in [3.05, 3.63) is 28.8 Å². The third-order valence-corrected chi connectivity index (χ3v) is 4.32. The summed E-state index contributed by atoms with van der Waals surface area (Å²) >= 11 is 7.05. The lowest BCUT2D eigenvalue weighted by atomic mass is 10.2. The van der Waals surface area contributed by atoms with Gasteiger partial charge >= 0.3 is 0 Å². The summed E-state index contributed by atoms with van der Waals surface area (Å²) < 4.78 is 0. The van der Waals surface area contributed by atoms with Gasteiger partial charge in [0.05, 0.1) is 0 Å². The van der Waals surface area contributed by atoms with E-state index in [0.717, 1.165) is 17.3 Å². The second kappa shape index (κ2) is 6.80. The number of carbonyl (C=O) groups is 2. The van der Waals surface area contributed by atoms with Gasteiger partial charge in [0, 0.05) is 17.1 Å². The number of aliphatic imine (C=N–C) groups is 2. The third-order valence-electron chi connectivity index (χ3n) is 2.87. The summed E-state index contributed by atoms with van der Waals surface area (Å²) in [5, 5.41) is 2.83. The van der Waals surface area contributed by atoms with Crippen molar-refractivity contribution in [2.45, 2.75) is 18.6 Å². The lowest BCUT2D eigenvalue weighted by Crippen LogP contribution is -2.23. The molecule has 5 N–H and O–H groups in total. The maximum absolute atomic E-state index is 12.1. The van der Waals surface area contributed by atoms with E-state index in [1.165, 1.54) is 0 Å². The van der Waals surface area contributed by atoms with Crippen LogP contribution in [0.25, 0.3) is 0 Å². The van der Waals surface area contributed by atoms with Gasteiger partial charge in [0.2, 0.25) is 5.91 Å².